The Labute approximate surface area is 93.0 Å². The van der Waals surface area contributed by atoms with Gasteiger partial charge in [0, 0.05) is 0 Å². The quantitative estimate of drug-likeness (QED) is 0.697. The van der Waals surface area contributed by atoms with Gasteiger partial charge in [-0.05, 0) is 38.0 Å². The molecule has 2 fully saturated rings. The van der Waals surface area contributed by atoms with Crippen molar-refractivity contribution in [2.24, 2.45) is 16.7 Å². The van der Waals surface area contributed by atoms with Crippen LogP contribution in [0.15, 0.2) is 11.6 Å². The fourth-order valence-electron chi connectivity index (χ4n) is 4.12. The summed E-state index contributed by atoms with van der Waals surface area (Å²) >= 11 is 0. The molecule has 86 valence electrons. The Balaban J connectivity index is 2.09. The lowest BCUT2D eigenvalue weighted by atomic mass is 9.47. The van der Waals surface area contributed by atoms with Crippen LogP contribution in [0.2, 0.25) is 0 Å². The molecule has 4 bridgehead atoms. The van der Waals surface area contributed by atoms with Gasteiger partial charge in [-0.15, -0.1) is 0 Å². The van der Waals surface area contributed by atoms with Gasteiger partial charge in [0.1, 0.15) is 0 Å². The van der Waals surface area contributed by atoms with Gasteiger partial charge >= 0.3 is 11.9 Å². The highest BCUT2D eigenvalue weighted by atomic mass is 16.4. The van der Waals surface area contributed by atoms with Crippen molar-refractivity contribution in [3.05, 3.63) is 11.6 Å². The van der Waals surface area contributed by atoms with Crippen LogP contribution < -0.4 is 0 Å². The van der Waals surface area contributed by atoms with Crippen LogP contribution in [0, 0.1) is 16.7 Å². The zero-order valence-electron chi connectivity index (χ0n) is 8.90. The minimum absolute atomic E-state index is 0.165. The Bertz CT molecular complexity index is 391. The van der Waals surface area contributed by atoms with E-state index in [1.807, 2.05) is 0 Å². The fraction of sp³-hybridized carbons (Fsp3) is 0.667. The molecule has 2 atom stereocenters. The van der Waals surface area contributed by atoms with Crippen molar-refractivity contribution < 1.29 is 19.8 Å². The van der Waals surface area contributed by atoms with Gasteiger partial charge in [-0.3, -0.25) is 9.59 Å². The van der Waals surface area contributed by atoms with Gasteiger partial charge in [0.2, 0.25) is 0 Å². The maximum atomic E-state index is 11.4. The highest BCUT2D eigenvalue weighted by molar-refractivity contribution is 5.82. The minimum Gasteiger partial charge on any atom is -0.481 e. The molecule has 16 heavy (non-hydrogen) atoms. The van der Waals surface area contributed by atoms with Crippen LogP contribution in [0.1, 0.15) is 32.1 Å². The van der Waals surface area contributed by atoms with E-state index in [4.69, 9.17) is 0 Å². The molecule has 0 spiro atoms. The van der Waals surface area contributed by atoms with E-state index in [-0.39, 0.29) is 5.92 Å². The van der Waals surface area contributed by atoms with Gasteiger partial charge in [0.15, 0.2) is 0 Å². The van der Waals surface area contributed by atoms with E-state index >= 15 is 0 Å². The van der Waals surface area contributed by atoms with Crippen LogP contribution in [-0.2, 0) is 9.59 Å². The fourth-order valence-corrected chi connectivity index (χ4v) is 4.12. The summed E-state index contributed by atoms with van der Waals surface area (Å²) in [6, 6.07) is 0. The van der Waals surface area contributed by atoms with Gasteiger partial charge in [-0.25, -0.2) is 0 Å². The highest BCUT2D eigenvalue weighted by Crippen LogP contribution is 2.62. The van der Waals surface area contributed by atoms with Crippen LogP contribution >= 0.6 is 0 Å². The molecule has 0 aliphatic heterocycles. The highest BCUT2D eigenvalue weighted by Gasteiger charge is 2.61. The summed E-state index contributed by atoms with van der Waals surface area (Å²) in [5.74, 6) is -1.46. The Kier molecular flexibility index (Phi) is 1.65. The maximum Gasteiger partial charge on any atom is 0.310 e. The third kappa shape index (κ3) is 1.05. The number of hydrogen-bond acceptors (Lipinski definition) is 2. The molecule has 4 aliphatic rings. The minimum atomic E-state index is -0.812. The number of aliphatic carboxylic acids is 2. The molecular formula is C12H14O4. The first-order chi connectivity index (χ1) is 7.46. The summed E-state index contributed by atoms with van der Waals surface area (Å²) in [5.41, 5.74) is -0.522. The zero-order valence-corrected chi connectivity index (χ0v) is 8.90. The van der Waals surface area contributed by atoms with Gasteiger partial charge in [-0.2, -0.15) is 0 Å². The van der Waals surface area contributed by atoms with Gasteiger partial charge in [0.25, 0.3) is 0 Å². The third-order valence-electron chi connectivity index (χ3n) is 4.49. The second kappa shape index (κ2) is 2.67. The SMILES string of the molecule is O=C(O)C12CC3=CC(C1)CC(C(=O)O)(C3)C2. The molecule has 0 saturated heterocycles. The number of hydrogen-bond donors (Lipinski definition) is 2. The summed E-state index contributed by atoms with van der Waals surface area (Å²) in [6.07, 6.45) is 4.81. The number of rotatable bonds is 2. The van der Waals surface area contributed by atoms with Gasteiger partial charge < -0.3 is 10.2 Å². The predicted octanol–water partition coefficient (Wildman–Crippen LogP) is 1.66. The van der Waals surface area contributed by atoms with Gasteiger partial charge in [0.05, 0.1) is 10.8 Å². The summed E-state index contributed by atoms with van der Waals surface area (Å²) in [6.45, 7) is 0. The van der Waals surface area contributed by atoms with Crippen LogP contribution in [0.4, 0.5) is 0 Å². The average Bonchev–Trinajstić information content (AvgIpc) is 2.14. The number of allylic oxidation sites excluding steroid dienone is 2. The number of carboxylic acids is 2. The van der Waals surface area contributed by atoms with Crippen LogP contribution in [0.25, 0.3) is 0 Å². The van der Waals surface area contributed by atoms with E-state index < -0.39 is 22.8 Å². The van der Waals surface area contributed by atoms with Crippen molar-refractivity contribution in [1.82, 2.24) is 0 Å². The van der Waals surface area contributed by atoms with Crippen LogP contribution in [0.5, 0.6) is 0 Å². The van der Waals surface area contributed by atoms with E-state index in [9.17, 15) is 19.8 Å². The predicted molar refractivity (Wildman–Crippen MR) is 54.8 cm³/mol. The van der Waals surface area contributed by atoms with E-state index in [0.717, 1.165) is 5.57 Å². The van der Waals surface area contributed by atoms with Gasteiger partial charge in [-0.1, -0.05) is 11.6 Å². The lowest BCUT2D eigenvalue weighted by Crippen LogP contribution is -2.54. The normalized spacial score (nSPS) is 44.2. The molecular weight excluding hydrogens is 208 g/mol. The Morgan fingerprint density at radius 2 is 1.62 bits per heavy atom. The molecule has 2 unspecified atom stereocenters. The van der Waals surface area contributed by atoms with E-state index in [0.29, 0.717) is 32.1 Å². The first-order valence-corrected chi connectivity index (χ1v) is 5.62. The number of carbonyl (C=O) groups is 2. The molecule has 4 nitrogen and oxygen atoms in total. The van der Waals surface area contributed by atoms with Crippen molar-refractivity contribution in [1.29, 1.82) is 0 Å². The molecule has 0 heterocycles. The Hall–Kier alpha value is -1.32. The first kappa shape index (κ1) is 9.87. The lowest BCUT2D eigenvalue weighted by molar-refractivity contribution is -0.169. The molecule has 2 N–H and O–H groups in total. The van der Waals surface area contributed by atoms with Crippen molar-refractivity contribution in [2.45, 2.75) is 32.1 Å². The van der Waals surface area contributed by atoms with Crippen molar-refractivity contribution in [3.63, 3.8) is 0 Å². The molecule has 0 aromatic rings. The molecule has 4 heteroatoms. The second-order valence-electron chi connectivity index (χ2n) is 5.69. The van der Waals surface area contributed by atoms with Crippen molar-refractivity contribution in [2.75, 3.05) is 0 Å². The van der Waals surface area contributed by atoms with E-state index in [2.05, 4.69) is 6.08 Å². The monoisotopic (exact) mass is 222 g/mol. The Morgan fingerprint density at radius 1 is 1.12 bits per heavy atom. The van der Waals surface area contributed by atoms with E-state index in [1.165, 1.54) is 0 Å². The molecule has 2 saturated carbocycles. The summed E-state index contributed by atoms with van der Waals surface area (Å²) in [5, 5.41) is 18.7. The molecule has 0 amide bonds. The smallest absolute Gasteiger partial charge is 0.310 e. The molecule has 0 aromatic heterocycles. The van der Waals surface area contributed by atoms with Crippen molar-refractivity contribution >= 4 is 11.9 Å². The first-order valence-electron chi connectivity index (χ1n) is 5.62. The topological polar surface area (TPSA) is 74.6 Å². The summed E-state index contributed by atoms with van der Waals surface area (Å²) in [7, 11) is 0. The number of carboxylic acid groups (broad SMARTS) is 2. The third-order valence-corrected chi connectivity index (χ3v) is 4.49. The molecule has 0 radical (unpaired) electrons. The molecule has 4 rings (SSSR count). The lowest BCUT2D eigenvalue weighted by Gasteiger charge is -2.54. The summed E-state index contributed by atoms with van der Waals surface area (Å²) in [4.78, 5) is 22.8. The standard InChI is InChI=1S/C12H14O4/c13-9(14)11-2-7-1-8(4-11)5-12(3-7,6-11)10(15)16/h1,7H,2-6H2,(H,13,14)(H,15,16). The largest absolute Gasteiger partial charge is 0.481 e. The molecule has 0 aromatic carbocycles. The zero-order chi connectivity index (χ0) is 11.6. The second-order valence-corrected chi connectivity index (χ2v) is 5.69. The Morgan fingerprint density at radius 3 is 2.00 bits per heavy atom. The maximum absolute atomic E-state index is 11.4. The van der Waals surface area contributed by atoms with Crippen molar-refractivity contribution in [3.8, 4) is 0 Å². The van der Waals surface area contributed by atoms with Crippen LogP contribution in [-0.4, -0.2) is 22.2 Å². The average molecular weight is 222 g/mol. The van der Waals surface area contributed by atoms with E-state index in [1.54, 1.807) is 0 Å². The molecule has 4 aliphatic carbocycles. The van der Waals surface area contributed by atoms with Crippen LogP contribution in [0.3, 0.4) is 0 Å². The summed E-state index contributed by atoms with van der Waals surface area (Å²) < 4.78 is 0.